The molecule has 0 aromatic heterocycles. The second-order valence-corrected chi connectivity index (χ2v) is 4.74. The number of ether oxygens (including phenoxy) is 1. The highest BCUT2D eigenvalue weighted by molar-refractivity contribution is 5.92. The van der Waals surface area contributed by atoms with Gasteiger partial charge >= 0.3 is 5.97 Å². The van der Waals surface area contributed by atoms with Gasteiger partial charge in [0.2, 0.25) is 5.91 Å². The summed E-state index contributed by atoms with van der Waals surface area (Å²) in [6.45, 7) is 9.48. The molecular weight excluding hydrogens is 260 g/mol. The van der Waals surface area contributed by atoms with Gasteiger partial charge in [0.15, 0.2) is 0 Å². The molecule has 2 unspecified atom stereocenters. The molecule has 0 fully saturated rings. The number of aldehydes is 1. The fraction of sp³-hybridized carbons (Fsp3) is 0.643. The van der Waals surface area contributed by atoms with Crippen molar-refractivity contribution < 1.29 is 19.1 Å². The second kappa shape index (κ2) is 10.1. The van der Waals surface area contributed by atoms with Crippen LogP contribution in [0.1, 0.15) is 27.2 Å². The summed E-state index contributed by atoms with van der Waals surface area (Å²) in [6, 6.07) is -0.242. The quantitative estimate of drug-likeness (QED) is 0.345. The Kier molecular flexibility index (Phi) is 9.28. The maximum atomic E-state index is 11.6. The molecule has 0 heterocycles. The highest BCUT2D eigenvalue weighted by Crippen LogP contribution is 2.03. The summed E-state index contributed by atoms with van der Waals surface area (Å²) >= 11 is 0. The van der Waals surface area contributed by atoms with Crippen LogP contribution in [-0.2, 0) is 19.1 Å². The van der Waals surface area contributed by atoms with E-state index in [0.29, 0.717) is 25.1 Å². The Bertz CT molecular complexity index is 355. The lowest BCUT2D eigenvalue weighted by Crippen LogP contribution is -2.44. The van der Waals surface area contributed by atoms with Gasteiger partial charge in [-0.15, -0.1) is 0 Å². The summed E-state index contributed by atoms with van der Waals surface area (Å²) in [6.07, 6.45) is 1.34. The fourth-order valence-corrected chi connectivity index (χ4v) is 1.57. The van der Waals surface area contributed by atoms with Crippen molar-refractivity contribution in [1.82, 2.24) is 10.6 Å². The Morgan fingerprint density at radius 2 is 2.05 bits per heavy atom. The summed E-state index contributed by atoms with van der Waals surface area (Å²) in [7, 11) is 0. The zero-order valence-electron chi connectivity index (χ0n) is 12.4. The molecule has 6 heteroatoms. The lowest BCUT2D eigenvalue weighted by Gasteiger charge is -2.20. The van der Waals surface area contributed by atoms with E-state index < -0.39 is 0 Å². The molecule has 114 valence electrons. The normalized spacial score (nSPS) is 13.2. The molecule has 0 aliphatic heterocycles. The average molecular weight is 284 g/mol. The minimum absolute atomic E-state index is 0.0722. The first-order valence-corrected chi connectivity index (χ1v) is 6.68. The molecule has 0 spiro atoms. The molecule has 0 bridgehead atoms. The topological polar surface area (TPSA) is 84.5 Å². The van der Waals surface area contributed by atoms with Crippen LogP contribution in [0.4, 0.5) is 0 Å². The van der Waals surface area contributed by atoms with Crippen LogP contribution < -0.4 is 10.6 Å². The number of hydrogen-bond acceptors (Lipinski definition) is 5. The minimum atomic E-state index is -0.346. The molecule has 1 amide bonds. The summed E-state index contributed by atoms with van der Waals surface area (Å²) in [4.78, 5) is 33.5. The molecule has 0 rings (SSSR count). The molecule has 6 nitrogen and oxygen atoms in total. The Morgan fingerprint density at radius 3 is 2.55 bits per heavy atom. The lowest BCUT2D eigenvalue weighted by atomic mass is 10.0. The number of nitrogens with one attached hydrogen (secondary N) is 2. The number of carbonyl (C=O) groups is 3. The van der Waals surface area contributed by atoms with Crippen LogP contribution in [0.5, 0.6) is 0 Å². The number of esters is 1. The SMILES string of the molecule is C=C(C)C(=O)NC(CNCC(=O)OCC)CC(C)C=O. The van der Waals surface area contributed by atoms with Crippen molar-refractivity contribution in [2.24, 2.45) is 5.92 Å². The Morgan fingerprint density at radius 1 is 1.40 bits per heavy atom. The van der Waals surface area contributed by atoms with E-state index in [0.717, 1.165) is 6.29 Å². The van der Waals surface area contributed by atoms with E-state index in [1.54, 1.807) is 20.8 Å². The molecule has 0 aromatic rings. The van der Waals surface area contributed by atoms with Gasteiger partial charge in [0.1, 0.15) is 6.29 Å². The summed E-state index contributed by atoms with van der Waals surface area (Å²) < 4.78 is 4.79. The van der Waals surface area contributed by atoms with Crippen molar-refractivity contribution >= 4 is 18.2 Å². The van der Waals surface area contributed by atoms with Crippen LogP contribution in [0.2, 0.25) is 0 Å². The maximum absolute atomic E-state index is 11.6. The van der Waals surface area contributed by atoms with Crippen molar-refractivity contribution in [3.63, 3.8) is 0 Å². The average Bonchev–Trinajstić information content (AvgIpc) is 2.38. The van der Waals surface area contributed by atoms with Crippen LogP contribution >= 0.6 is 0 Å². The molecule has 0 aromatic carbocycles. The third-order valence-electron chi connectivity index (χ3n) is 2.58. The molecule has 0 saturated carbocycles. The largest absolute Gasteiger partial charge is 0.465 e. The standard InChI is InChI=1S/C14H24N2O4/c1-5-20-13(18)8-15-7-12(6-11(4)9-17)16-14(19)10(2)3/h9,11-12,15H,2,5-8H2,1,3-4H3,(H,16,19). The number of carbonyl (C=O) groups excluding carboxylic acids is 3. The zero-order valence-corrected chi connectivity index (χ0v) is 12.4. The molecule has 0 aliphatic rings. The van der Waals surface area contributed by atoms with Crippen LogP contribution in [0.15, 0.2) is 12.2 Å². The van der Waals surface area contributed by atoms with Crippen molar-refractivity contribution in [3.05, 3.63) is 12.2 Å². The Labute approximate surface area is 119 Å². The predicted octanol–water partition coefficient (Wildman–Crippen LogP) is 0.425. The molecule has 0 radical (unpaired) electrons. The zero-order chi connectivity index (χ0) is 15.5. The smallest absolute Gasteiger partial charge is 0.319 e. The van der Waals surface area contributed by atoms with Crippen LogP contribution in [0.3, 0.4) is 0 Å². The van der Waals surface area contributed by atoms with Crippen LogP contribution in [-0.4, -0.2) is 43.9 Å². The van der Waals surface area contributed by atoms with Gasteiger partial charge in [0, 0.05) is 24.1 Å². The van der Waals surface area contributed by atoms with E-state index in [2.05, 4.69) is 17.2 Å². The molecule has 20 heavy (non-hydrogen) atoms. The van der Waals surface area contributed by atoms with Crippen molar-refractivity contribution in [3.8, 4) is 0 Å². The van der Waals surface area contributed by atoms with E-state index in [-0.39, 0.29) is 30.4 Å². The maximum Gasteiger partial charge on any atom is 0.319 e. The number of rotatable bonds is 10. The molecule has 2 atom stereocenters. The van der Waals surface area contributed by atoms with Gasteiger partial charge in [-0.2, -0.15) is 0 Å². The van der Waals surface area contributed by atoms with Gasteiger partial charge in [-0.25, -0.2) is 0 Å². The van der Waals surface area contributed by atoms with E-state index in [1.807, 2.05) is 0 Å². The third kappa shape index (κ3) is 8.42. The monoisotopic (exact) mass is 284 g/mol. The highest BCUT2D eigenvalue weighted by atomic mass is 16.5. The van der Waals surface area contributed by atoms with Gasteiger partial charge in [0.25, 0.3) is 0 Å². The fourth-order valence-electron chi connectivity index (χ4n) is 1.57. The van der Waals surface area contributed by atoms with Gasteiger partial charge in [-0.1, -0.05) is 13.5 Å². The minimum Gasteiger partial charge on any atom is -0.465 e. The van der Waals surface area contributed by atoms with E-state index >= 15 is 0 Å². The highest BCUT2D eigenvalue weighted by Gasteiger charge is 2.16. The van der Waals surface area contributed by atoms with Crippen LogP contribution in [0.25, 0.3) is 0 Å². The molecule has 0 aliphatic carbocycles. The summed E-state index contributed by atoms with van der Waals surface area (Å²) in [5.41, 5.74) is 0.402. The van der Waals surface area contributed by atoms with E-state index in [1.165, 1.54) is 0 Å². The van der Waals surface area contributed by atoms with Crippen LogP contribution in [0, 0.1) is 5.92 Å². The number of amides is 1. The molecule has 0 saturated heterocycles. The first-order chi connectivity index (χ1) is 9.40. The second-order valence-electron chi connectivity index (χ2n) is 4.74. The lowest BCUT2D eigenvalue weighted by molar-refractivity contribution is -0.142. The van der Waals surface area contributed by atoms with E-state index in [4.69, 9.17) is 4.74 Å². The first-order valence-electron chi connectivity index (χ1n) is 6.68. The van der Waals surface area contributed by atoms with Crippen molar-refractivity contribution in [1.29, 1.82) is 0 Å². The number of hydrogen-bond donors (Lipinski definition) is 2. The van der Waals surface area contributed by atoms with Gasteiger partial charge in [0.05, 0.1) is 13.2 Å². The Hall–Kier alpha value is -1.69. The summed E-state index contributed by atoms with van der Waals surface area (Å²) in [5.74, 6) is -0.776. The first kappa shape index (κ1) is 18.3. The molecular formula is C14H24N2O4. The van der Waals surface area contributed by atoms with Crippen molar-refractivity contribution in [2.45, 2.75) is 33.2 Å². The van der Waals surface area contributed by atoms with Gasteiger partial charge in [-0.05, 0) is 20.3 Å². The van der Waals surface area contributed by atoms with Gasteiger partial charge < -0.3 is 20.2 Å². The summed E-state index contributed by atoms with van der Waals surface area (Å²) in [5, 5.41) is 5.68. The van der Waals surface area contributed by atoms with E-state index in [9.17, 15) is 14.4 Å². The van der Waals surface area contributed by atoms with Crippen molar-refractivity contribution in [2.75, 3.05) is 19.7 Å². The molecule has 2 N–H and O–H groups in total. The third-order valence-corrected chi connectivity index (χ3v) is 2.58. The predicted molar refractivity (Wildman–Crippen MR) is 76.1 cm³/mol. The Balaban J connectivity index is 4.30. The van der Waals surface area contributed by atoms with Gasteiger partial charge in [-0.3, -0.25) is 9.59 Å².